The predicted molar refractivity (Wildman–Crippen MR) is 106 cm³/mol. The molecule has 1 aliphatic rings. The SMILES string of the molecule is CC(C)OCCCNC(=O)c1ccc(C2c3ccncc3CN2C(N)=O)cc1. The maximum atomic E-state index is 12.3. The number of benzene rings is 1. The number of nitrogens with zero attached hydrogens (tertiary/aromatic N) is 2. The van der Waals surface area contributed by atoms with E-state index in [1.54, 1.807) is 29.4 Å². The highest BCUT2D eigenvalue weighted by molar-refractivity contribution is 5.94. The number of nitrogens with two attached hydrogens (primary N) is 1. The number of rotatable bonds is 7. The van der Waals surface area contributed by atoms with Crippen LogP contribution in [0.5, 0.6) is 0 Å². The number of carbonyl (C=O) groups excluding carboxylic acids is 2. The van der Waals surface area contributed by atoms with Gasteiger partial charge in [0.15, 0.2) is 0 Å². The number of primary amides is 1. The molecule has 3 amide bonds. The smallest absolute Gasteiger partial charge is 0.315 e. The van der Waals surface area contributed by atoms with Gasteiger partial charge >= 0.3 is 6.03 Å². The van der Waals surface area contributed by atoms with Gasteiger partial charge in [-0.25, -0.2) is 4.79 Å². The van der Waals surface area contributed by atoms with Crippen LogP contribution >= 0.6 is 0 Å². The van der Waals surface area contributed by atoms with Crippen LogP contribution in [-0.2, 0) is 11.3 Å². The first-order valence-electron chi connectivity index (χ1n) is 9.46. The molecule has 2 aromatic rings. The van der Waals surface area contributed by atoms with E-state index in [1.165, 1.54) is 0 Å². The number of amides is 3. The molecule has 1 aromatic carbocycles. The van der Waals surface area contributed by atoms with E-state index in [9.17, 15) is 9.59 Å². The summed E-state index contributed by atoms with van der Waals surface area (Å²) in [6.07, 6.45) is 4.43. The van der Waals surface area contributed by atoms with Crippen molar-refractivity contribution < 1.29 is 14.3 Å². The van der Waals surface area contributed by atoms with Crippen LogP contribution in [0.25, 0.3) is 0 Å². The molecule has 0 fully saturated rings. The Kier molecular flexibility index (Phi) is 6.26. The normalized spacial score (nSPS) is 15.5. The van der Waals surface area contributed by atoms with Crippen LogP contribution in [0.15, 0.2) is 42.7 Å². The highest BCUT2D eigenvalue weighted by Gasteiger charge is 2.33. The van der Waals surface area contributed by atoms with Crippen LogP contribution in [0.3, 0.4) is 0 Å². The van der Waals surface area contributed by atoms with Crippen molar-refractivity contribution in [3.05, 3.63) is 65.0 Å². The highest BCUT2D eigenvalue weighted by atomic mass is 16.5. The third-order valence-corrected chi connectivity index (χ3v) is 4.72. The monoisotopic (exact) mass is 382 g/mol. The molecule has 1 aromatic heterocycles. The van der Waals surface area contributed by atoms with Gasteiger partial charge < -0.3 is 20.7 Å². The van der Waals surface area contributed by atoms with E-state index in [1.807, 2.05) is 32.0 Å². The molecule has 0 saturated carbocycles. The topological polar surface area (TPSA) is 97.6 Å². The fraction of sp³-hybridized carbons (Fsp3) is 0.381. The van der Waals surface area contributed by atoms with Crippen molar-refractivity contribution in [2.75, 3.05) is 13.2 Å². The van der Waals surface area contributed by atoms with Gasteiger partial charge in [-0.15, -0.1) is 0 Å². The molecule has 1 unspecified atom stereocenters. The number of hydrogen-bond acceptors (Lipinski definition) is 4. The lowest BCUT2D eigenvalue weighted by molar-refractivity contribution is 0.0757. The van der Waals surface area contributed by atoms with Gasteiger partial charge in [0, 0.05) is 31.1 Å². The number of carbonyl (C=O) groups is 2. The Hall–Kier alpha value is -2.93. The number of aromatic nitrogens is 1. The Morgan fingerprint density at radius 2 is 2.04 bits per heavy atom. The van der Waals surface area contributed by atoms with Gasteiger partial charge in [0.2, 0.25) is 0 Å². The van der Waals surface area contributed by atoms with Crippen molar-refractivity contribution >= 4 is 11.9 Å². The van der Waals surface area contributed by atoms with Gasteiger partial charge in [-0.3, -0.25) is 9.78 Å². The van der Waals surface area contributed by atoms with Gasteiger partial charge in [-0.2, -0.15) is 0 Å². The third-order valence-electron chi connectivity index (χ3n) is 4.72. The molecular weight excluding hydrogens is 356 g/mol. The van der Waals surface area contributed by atoms with Crippen LogP contribution in [0.4, 0.5) is 4.79 Å². The van der Waals surface area contributed by atoms with E-state index in [4.69, 9.17) is 10.5 Å². The van der Waals surface area contributed by atoms with E-state index in [0.717, 1.165) is 23.1 Å². The van der Waals surface area contributed by atoms with Crippen LogP contribution < -0.4 is 11.1 Å². The minimum atomic E-state index is -0.480. The molecule has 0 aliphatic carbocycles. The fourth-order valence-electron chi connectivity index (χ4n) is 3.36. The van der Waals surface area contributed by atoms with Gasteiger partial charge in [0.25, 0.3) is 5.91 Å². The molecule has 0 saturated heterocycles. The Morgan fingerprint density at radius 3 is 2.71 bits per heavy atom. The van der Waals surface area contributed by atoms with Crippen molar-refractivity contribution in [3.8, 4) is 0 Å². The van der Waals surface area contributed by atoms with E-state index < -0.39 is 6.03 Å². The number of pyridine rings is 1. The molecule has 2 heterocycles. The first kappa shape index (κ1) is 19.8. The maximum absolute atomic E-state index is 12.3. The molecule has 1 aliphatic heterocycles. The Morgan fingerprint density at radius 1 is 1.29 bits per heavy atom. The van der Waals surface area contributed by atoms with E-state index in [0.29, 0.717) is 25.3 Å². The summed E-state index contributed by atoms with van der Waals surface area (Å²) in [5, 5.41) is 2.89. The zero-order valence-electron chi connectivity index (χ0n) is 16.2. The molecule has 0 radical (unpaired) electrons. The molecule has 28 heavy (non-hydrogen) atoms. The molecule has 148 valence electrons. The summed E-state index contributed by atoms with van der Waals surface area (Å²) in [4.78, 5) is 29.9. The summed E-state index contributed by atoms with van der Waals surface area (Å²) < 4.78 is 5.46. The van der Waals surface area contributed by atoms with Gasteiger partial charge in [-0.1, -0.05) is 12.1 Å². The minimum Gasteiger partial charge on any atom is -0.379 e. The Labute approximate surface area is 164 Å². The van der Waals surface area contributed by atoms with Crippen LogP contribution in [-0.4, -0.2) is 41.1 Å². The first-order valence-corrected chi connectivity index (χ1v) is 9.46. The zero-order chi connectivity index (χ0) is 20.1. The van der Waals surface area contributed by atoms with E-state index >= 15 is 0 Å². The molecule has 3 rings (SSSR count). The Balaban J connectivity index is 1.66. The summed E-state index contributed by atoms with van der Waals surface area (Å²) in [7, 11) is 0. The minimum absolute atomic E-state index is 0.126. The van der Waals surface area contributed by atoms with Crippen LogP contribution in [0.1, 0.15) is 53.4 Å². The second-order valence-electron chi connectivity index (χ2n) is 7.09. The Bertz CT molecular complexity index is 836. The molecule has 7 nitrogen and oxygen atoms in total. The summed E-state index contributed by atoms with van der Waals surface area (Å²) in [5.41, 5.74) is 9.05. The zero-order valence-corrected chi connectivity index (χ0v) is 16.2. The lowest BCUT2D eigenvalue weighted by Gasteiger charge is -2.24. The van der Waals surface area contributed by atoms with Crippen molar-refractivity contribution in [2.24, 2.45) is 5.73 Å². The van der Waals surface area contributed by atoms with Gasteiger partial charge in [0.05, 0.1) is 18.7 Å². The van der Waals surface area contributed by atoms with Crippen molar-refractivity contribution in [1.82, 2.24) is 15.2 Å². The summed E-state index contributed by atoms with van der Waals surface area (Å²) >= 11 is 0. The summed E-state index contributed by atoms with van der Waals surface area (Å²) in [6.45, 7) is 5.59. The average Bonchev–Trinajstić information content (AvgIpc) is 3.07. The second-order valence-corrected chi connectivity index (χ2v) is 7.09. The molecular formula is C21H26N4O3. The van der Waals surface area contributed by atoms with E-state index in [2.05, 4.69) is 10.3 Å². The third kappa shape index (κ3) is 4.48. The maximum Gasteiger partial charge on any atom is 0.315 e. The lowest BCUT2D eigenvalue weighted by atomic mass is 9.98. The van der Waals surface area contributed by atoms with Crippen molar-refractivity contribution in [1.29, 1.82) is 0 Å². The standard InChI is InChI=1S/C21H26N4O3/c1-14(2)28-11-3-9-24-20(26)16-6-4-15(5-7-16)19-18-8-10-23-12-17(18)13-25(19)21(22)27/h4-8,10,12,14,19H,3,9,11,13H2,1-2H3,(H2,22,27)(H,24,26). The fourth-order valence-corrected chi connectivity index (χ4v) is 3.36. The first-order chi connectivity index (χ1) is 13.5. The molecule has 3 N–H and O–H groups in total. The highest BCUT2D eigenvalue weighted by Crippen LogP contribution is 2.37. The average molecular weight is 382 g/mol. The van der Waals surface area contributed by atoms with E-state index in [-0.39, 0.29) is 18.1 Å². The number of fused-ring (bicyclic) bond motifs is 1. The quantitative estimate of drug-likeness (QED) is 0.719. The van der Waals surface area contributed by atoms with Crippen molar-refractivity contribution in [2.45, 2.75) is 39.0 Å². The number of urea groups is 1. The van der Waals surface area contributed by atoms with Crippen LogP contribution in [0, 0.1) is 0 Å². The van der Waals surface area contributed by atoms with Gasteiger partial charge in [-0.05, 0) is 55.2 Å². The van der Waals surface area contributed by atoms with Crippen LogP contribution in [0.2, 0.25) is 0 Å². The van der Waals surface area contributed by atoms with Gasteiger partial charge in [0.1, 0.15) is 0 Å². The largest absolute Gasteiger partial charge is 0.379 e. The second kappa shape index (κ2) is 8.84. The molecule has 1 atom stereocenters. The number of ether oxygens (including phenoxy) is 1. The molecule has 0 spiro atoms. The summed E-state index contributed by atoms with van der Waals surface area (Å²) in [5.74, 6) is -0.126. The van der Waals surface area contributed by atoms with Crippen molar-refractivity contribution in [3.63, 3.8) is 0 Å². The number of hydrogen-bond donors (Lipinski definition) is 2. The number of nitrogens with one attached hydrogen (secondary N) is 1. The molecule has 7 heteroatoms. The molecule has 0 bridgehead atoms. The summed E-state index contributed by atoms with van der Waals surface area (Å²) in [6, 6.07) is 8.44. The lowest BCUT2D eigenvalue weighted by Crippen LogP contribution is -2.34. The predicted octanol–water partition coefficient (Wildman–Crippen LogP) is 2.61.